The minimum absolute atomic E-state index is 0.0684. The Balaban J connectivity index is 2.35. The molecule has 0 saturated carbocycles. The Kier molecular flexibility index (Phi) is 7.82. The lowest BCUT2D eigenvalue weighted by molar-refractivity contribution is -0.559. The van der Waals surface area contributed by atoms with Crippen LogP contribution in [0.2, 0.25) is 0 Å². The zero-order valence-corrected chi connectivity index (χ0v) is 15.6. The van der Waals surface area contributed by atoms with Crippen LogP contribution in [-0.2, 0) is 16.0 Å². The molecule has 0 amide bonds. The minimum atomic E-state index is -1.23. The SMILES string of the molecule is CCOC(=O)CCC(Cc1ccccc1)(/C1=C/CCCCCC1)[N+](=O)[O-]. The van der Waals surface area contributed by atoms with Crippen LogP contribution >= 0.6 is 0 Å². The number of rotatable bonds is 8. The van der Waals surface area contributed by atoms with Crippen molar-refractivity contribution in [2.75, 3.05) is 6.61 Å². The molecule has 5 heteroatoms. The molecule has 1 aromatic rings. The lowest BCUT2D eigenvalue weighted by atomic mass is 9.77. The van der Waals surface area contributed by atoms with Crippen LogP contribution in [0.3, 0.4) is 0 Å². The van der Waals surface area contributed by atoms with E-state index >= 15 is 0 Å². The predicted octanol–water partition coefficient (Wildman–Crippen LogP) is 4.87. The summed E-state index contributed by atoms with van der Waals surface area (Å²) in [6, 6.07) is 9.55. The second kappa shape index (κ2) is 10.1. The number of esters is 1. The van der Waals surface area contributed by atoms with Crippen molar-refractivity contribution < 1.29 is 14.5 Å². The maximum Gasteiger partial charge on any atom is 0.306 e. The Morgan fingerprint density at radius 1 is 1.19 bits per heavy atom. The summed E-state index contributed by atoms with van der Waals surface area (Å²) >= 11 is 0. The van der Waals surface area contributed by atoms with Crippen LogP contribution in [0.5, 0.6) is 0 Å². The van der Waals surface area contributed by atoms with E-state index in [0.717, 1.165) is 43.2 Å². The first-order chi connectivity index (χ1) is 12.6. The summed E-state index contributed by atoms with van der Waals surface area (Å²) in [6.45, 7) is 2.05. The van der Waals surface area contributed by atoms with Gasteiger partial charge in [0.15, 0.2) is 0 Å². The van der Waals surface area contributed by atoms with Gasteiger partial charge in [-0.15, -0.1) is 0 Å². The average molecular weight is 359 g/mol. The van der Waals surface area contributed by atoms with Crippen molar-refractivity contribution in [3.05, 3.63) is 57.7 Å². The highest BCUT2D eigenvalue weighted by molar-refractivity contribution is 5.69. The fourth-order valence-electron chi connectivity index (χ4n) is 3.73. The molecule has 1 aromatic carbocycles. The third kappa shape index (κ3) is 5.41. The van der Waals surface area contributed by atoms with Crippen molar-refractivity contribution >= 4 is 5.97 Å². The highest BCUT2D eigenvalue weighted by Gasteiger charge is 2.46. The van der Waals surface area contributed by atoms with E-state index in [4.69, 9.17) is 4.74 Å². The highest BCUT2D eigenvalue weighted by atomic mass is 16.6. The summed E-state index contributed by atoms with van der Waals surface area (Å²) in [7, 11) is 0. The summed E-state index contributed by atoms with van der Waals surface area (Å²) in [6.07, 6.45) is 8.55. The summed E-state index contributed by atoms with van der Waals surface area (Å²) in [5.74, 6) is -0.363. The third-order valence-corrected chi connectivity index (χ3v) is 5.13. The van der Waals surface area contributed by atoms with E-state index in [9.17, 15) is 14.9 Å². The van der Waals surface area contributed by atoms with Gasteiger partial charge in [0.2, 0.25) is 5.54 Å². The van der Waals surface area contributed by atoms with E-state index in [1.54, 1.807) is 6.92 Å². The molecule has 1 aliphatic carbocycles. The lowest BCUT2D eigenvalue weighted by Crippen LogP contribution is -2.43. The van der Waals surface area contributed by atoms with Gasteiger partial charge in [0.25, 0.3) is 0 Å². The van der Waals surface area contributed by atoms with Crippen LogP contribution in [0.25, 0.3) is 0 Å². The van der Waals surface area contributed by atoms with Crippen molar-refractivity contribution in [1.29, 1.82) is 0 Å². The van der Waals surface area contributed by atoms with Crippen molar-refractivity contribution in [2.45, 2.75) is 70.3 Å². The number of hydrogen-bond donors (Lipinski definition) is 0. The van der Waals surface area contributed by atoms with Gasteiger partial charge in [0, 0.05) is 23.3 Å². The molecule has 0 spiro atoms. The molecule has 5 nitrogen and oxygen atoms in total. The van der Waals surface area contributed by atoms with E-state index in [-0.39, 0.29) is 23.7 Å². The number of nitrogens with zero attached hydrogens (tertiary/aromatic N) is 1. The first-order valence-corrected chi connectivity index (χ1v) is 9.62. The zero-order valence-electron chi connectivity index (χ0n) is 15.6. The van der Waals surface area contributed by atoms with Gasteiger partial charge < -0.3 is 4.74 Å². The van der Waals surface area contributed by atoms with Gasteiger partial charge in [-0.3, -0.25) is 14.9 Å². The minimum Gasteiger partial charge on any atom is -0.466 e. The van der Waals surface area contributed by atoms with Gasteiger partial charge in [-0.05, 0) is 38.2 Å². The monoisotopic (exact) mass is 359 g/mol. The van der Waals surface area contributed by atoms with E-state index in [1.165, 1.54) is 6.42 Å². The van der Waals surface area contributed by atoms with Crippen LogP contribution in [0, 0.1) is 10.1 Å². The van der Waals surface area contributed by atoms with Crippen molar-refractivity contribution in [3.63, 3.8) is 0 Å². The van der Waals surface area contributed by atoms with E-state index in [0.29, 0.717) is 13.0 Å². The Morgan fingerprint density at radius 3 is 2.62 bits per heavy atom. The van der Waals surface area contributed by atoms with Gasteiger partial charge in [0.1, 0.15) is 0 Å². The topological polar surface area (TPSA) is 69.4 Å². The average Bonchev–Trinajstić information content (AvgIpc) is 2.59. The molecule has 1 aliphatic rings. The number of ether oxygens (including phenoxy) is 1. The molecular formula is C21H29NO4. The Morgan fingerprint density at radius 2 is 1.92 bits per heavy atom. The summed E-state index contributed by atoms with van der Waals surface area (Å²) in [4.78, 5) is 24.1. The molecule has 0 bridgehead atoms. The molecule has 1 atom stereocenters. The second-order valence-electron chi connectivity index (χ2n) is 6.94. The molecule has 2 rings (SSSR count). The van der Waals surface area contributed by atoms with Gasteiger partial charge >= 0.3 is 5.97 Å². The second-order valence-corrected chi connectivity index (χ2v) is 6.94. The highest BCUT2D eigenvalue weighted by Crippen LogP contribution is 2.36. The first kappa shape index (κ1) is 20.1. The molecule has 0 saturated heterocycles. The number of carbonyl (C=O) groups is 1. The predicted molar refractivity (Wildman–Crippen MR) is 102 cm³/mol. The van der Waals surface area contributed by atoms with E-state index < -0.39 is 5.54 Å². The van der Waals surface area contributed by atoms with Gasteiger partial charge in [-0.2, -0.15) is 0 Å². The fourth-order valence-corrected chi connectivity index (χ4v) is 3.73. The Labute approximate surface area is 155 Å². The number of benzene rings is 1. The molecule has 0 heterocycles. The summed E-state index contributed by atoms with van der Waals surface area (Å²) in [5.41, 5.74) is 0.581. The molecule has 0 aliphatic heterocycles. The quantitative estimate of drug-likeness (QED) is 0.287. The molecular weight excluding hydrogens is 330 g/mol. The standard InChI is InChI=1S/C21H29NO4/c1-2-26-20(23)15-16-21(22(24)25,17-18-11-7-6-8-12-18)19-13-9-4-3-5-10-14-19/h6-8,11-13H,2-5,9-10,14-17H2,1H3/b19-13+. The van der Waals surface area contributed by atoms with Crippen LogP contribution in [0.15, 0.2) is 42.0 Å². The molecule has 142 valence electrons. The maximum atomic E-state index is 12.3. The Hall–Kier alpha value is -2.17. The summed E-state index contributed by atoms with van der Waals surface area (Å²) < 4.78 is 5.02. The number of allylic oxidation sites excluding steroid dienone is 1. The lowest BCUT2D eigenvalue weighted by Gasteiger charge is -2.29. The van der Waals surface area contributed by atoms with Gasteiger partial charge in [-0.25, -0.2) is 0 Å². The molecule has 0 fully saturated rings. The van der Waals surface area contributed by atoms with Crippen LogP contribution in [0.4, 0.5) is 0 Å². The van der Waals surface area contributed by atoms with Crippen LogP contribution in [0.1, 0.15) is 63.9 Å². The van der Waals surface area contributed by atoms with Gasteiger partial charge in [0.05, 0.1) is 13.0 Å². The van der Waals surface area contributed by atoms with E-state index in [2.05, 4.69) is 6.08 Å². The first-order valence-electron chi connectivity index (χ1n) is 9.62. The largest absolute Gasteiger partial charge is 0.466 e. The zero-order chi connectivity index (χ0) is 18.8. The van der Waals surface area contributed by atoms with Crippen LogP contribution < -0.4 is 0 Å². The third-order valence-electron chi connectivity index (χ3n) is 5.13. The molecule has 26 heavy (non-hydrogen) atoms. The van der Waals surface area contributed by atoms with Crippen molar-refractivity contribution in [2.24, 2.45) is 0 Å². The Bertz CT molecular complexity index is 626. The number of hydrogen-bond acceptors (Lipinski definition) is 4. The smallest absolute Gasteiger partial charge is 0.306 e. The summed E-state index contributed by atoms with van der Waals surface area (Å²) in [5, 5.41) is 12.3. The number of nitro groups is 1. The molecule has 0 aromatic heterocycles. The fraction of sp³-hybridized carbons (Fsp3) is 0.571. The molecule has 0 radical (unpaired) electrons. The normalized spacial score (nSPS) is 19.3. The number of carbonyl (C=O) groups excluding carboxylic acids is 1. The van der Waals surface area contributed by atoms with Crippen molar-refractivity contribution in [1.82, 2.24) is 0 Å². The van der Waals surface area contributed by atoms with Crippen LogP contribution in [-0.4, -0.2) is 23.0 Å². The van der Waals surface area contributed by atoms with E-state index in [1.807, 2.05) is 30.3 Å². The molecule has 0 N–H and O–H groups in total. The van der Waals surface area contributed by atoms with Gasteiger partial charge in [-0.1, -0.05) is 49.2 Å². The van der Waals surface area contributed by atoms with Crippen molar-refractivity contribution in [3.8, 4) is 0 Å². The maximum absolute atomic E-state index is 12.3. The molecule has 1 unspecified atom stereocenters.